The molecule has 0 heterocycles. The van der Waals surface area contributed by atoms with Crippen LogP contribution in [0.4, 0.5) is 0 Å². The fourth-order valence-electron chi connectivity index (χ4n) is 4.64. The second kappa shape index (κ2) is 33.6. The van der Waals surface area contributed by atoms with Crippen LogP contribution < -0.4 is 5.73 Å². The Morgan fingerprint density at radius 2 is 1.12 bits per heavy atom. The summed E-state index contributed by atoms with van der Waals surface area (Å²) in [5.74, 6) is -2.44. The van der Waals surface area contributed by atoms with Crippen molar-refractivity contribution in [2.24, 2.45) is 5.73 Å². The Bertz CT molecular complexity index is 1040. The van der Waals surface area contributed by atoms with E-state index in [4.69, 9.17) is 24.8 Å². The lowest BCUT2D eigenvalue weighted by Crippen LogP contribution is -2.34. The minimum absolute atomic E-state index is 0.109. The highest BCUT2D eigenvalue weighted by Crippen LogP contribution is 2.43. The second-order valence-corrected chi connectivity index (χ2v) is 13.8. The van der Waals surface area contributed by atoms with E-state index in [0.717, 1.165) is 57.8 Å². The van der Waals surface area contributed by atoms with Gasteiger partial charge in [-0.05, 0) is 51.4 Å². The summed E-state index contributed by atoms with van der Waals surface area (Å²) in [4.78, 5) is 45.7. The smallest absolute Gasteiger partial charge is 0.472 e. The molecule has 0 aromatic rings. The zero-order chi connectivity index (χ0) is 37.1. The van der Waals surface area contributed by atoms with Crippen molar-refractivity contribution in [3.05, 3.63) is 48.6 Å². The van der Waals surface area contributed by atoms with Crippen molar-refractivity contribution in [2.45, 2.75) is 154 Å². The van der Waals surface area contributed by atoms with Crippen molar-refractivity contribution in [3.8, 4) is 0 Å². The van der Waals surface area contributed by atoms with Crippen LogP contribution in [0.25, 0.3) is 0 Å². The monoisotopic (exact) mass is 727 g/mol. The number of carbonyl (C=O) groups is 3. The van der Waals surface area contributed by atoms with Crippen LogP contribution in [-0.2, 0) is 37.5 Å². The van der Waals surface area contributed by atoms with Crippen LogP contribution in [0.3, 0.4) is 0 Å². The molecule has 0 saturated heterocycles. The Labute approximate surface area is 301 Å². The number of phosphoric ester groups is 1. The van der Waals surface area contributed by atoms with Crippen LogP contribution in [0.2, 0.25) is 0 Å². The van der Waals surface area contributed by atoms with E-state index in [1.54, 1.807) is 0 Å². The molecule has 0 bridgehead atoms. The van der Waals surface area contributed by atoms with Crippen LogP contribution in [0, 0.1) is 0 Å². The molecule has 0 fully saturated rings. The van der Waals surface area contributed by atoms with Crippen LogP contribution in [0.1, 0.15) is 142 Å². The lowest BCUT2D eigenvalue weighted by molar-refractivity contribution is -0.161. The summed E-state index contributed by atoms with van der Waals surface area (Å²) in [6.45, 7) is 2.61. The molecule has 0 aromatic carbocycles. The van der Waals surface area contributed by atoms with Gasteiger partial charge < -0.3 is 25.2 Å². The first-order valence-corrected chi connectivity index (χ1v) is 20.2. The van der Waals surface area contributed by atoms with Crippen LogP contribution >= 0.6 is 7.82 Å². The summed E-state index contributed by atoms with van der Waals surface area (Å²) in [5, 5.41) is 8.85. The molecule has 0 rings (SSSR count). The van der Waals surface area contributed by atoms with Gasteiger partial charge in [-0.15, -0.1) is 0 Å². The van der Waals surface area contributed by atoms with Gasteiger partial charge in [0.25, 0.3) is 0 Å². The molecule has 0 aliphatic carbocycles. The Kier molecular flexibility index (Phi) is 31.9. The molecular weight excluding hydrogens is 661 g/mol. The van der Waals surface area contributed by atoms with E-state index < -0.39 is 51.1 Å². The molecule has 3 atom stereocenters. The van der Waals surface area contributed by atoms with Crippen LogP contribution in [0.5, 0.6) is 0 Å². The Balaban J connectivity index is 4.54. The standard InChI is InChI=1S/C38H66NO10P/c1-3-5-7-9-11-13-15-16-17-18-20-22-24-26-28-30-37(41)49-34(32-47-50(44,45)48-33-35(39)38(42)43)31-46-36(40)29-27-25-23-21-19-14-12-10-8-6-4-2/h5,7,11,13,16-17,20,22,34-35H,3-4,6,8-10,12,14-15,18-19,21,23-33,39H2,1-2H3,(H,42,43)(H,44,45)/b7-5-,13-11-,17-16-,22-20-. The zero-order valence-electron chi connectivity index (χ0n) is 30.7. The third kappa shape index (κ3) is 32.6. The van der Waals surface area contributed by atoms with Gasteiger partial charge in [-0.1, -0.05) is 127 Å². The first-order chi connectivity index (χ1) is 24.1. The first kappa shape index (κ1) is 47.4. The predicted octanol–water partition coefficient (Wildman–Crippen LogP) is 9.05. The Hall–Kier alpha value is -2.56. The summed E-state index contributed by atoms with van der Waals surface area (Å²) in [7, 11) is -4.72. The molecule has 12 heteroatoms. The quantitative estimate of drug-likeness (QED) is 0.0250. The third-order valence-electron chi connectivity index (χ3n) is 7.59. The van der Waals surface area contributed by atoms with Gasteiger partial charge in [0, 0.05) is 12.8 Å². The zero-order valence-corrected chi connectivity index (χ0v) is 31.6. The molecule has 0 saturated carbocycles. The number of carboxylic acids is 1. The molecule has 0 aliphatic heterocycles. The Morgan fingerprint density at radius 1 is 0.640 bits per heavy atom. The number of carbonyl (C=O) groups excluding carboxylic acids is 2. The number of ether oxygens (including phenoxy) is 2. The van der Waals surface area contributed by atoms with Gasteiger partial charge in [0.05, 0.1) is 13.2 Å². The van der Waals surface area contributed by atoms with Crippen molar-refractivity contribution in [1.82, 2.24) is 0 Å². The minimum atomic E-state index is -4.72. The van der Waals surface area contributed by atoms with Crippen LogP contribution in [-0.4, -0.2) is 59.9 Å². The van der Waals surface area contributed by atoms with E-state index in [1.807, 2.05) is 0 Å². The average molecular weight is 728 g/mol. The summed E-state index contributed by atoms with van der Waals surface area (Å²) < 4.78 is 32.5. The van der Waals surface area contributed by atoms with Crippen molar-refractivity contribution in [2.75, 3.05) is 19.8 Å². The molecule has 11 nitrogen and oxygen atoms in total. The van der Waals surface area contributed by atoms with Gasteiger partial charge >= 0.3 is 25.7 Å². The number of hydrogen-bond donors (Lipinski definition) is 3. The van der Waals surface area contributed by atoms with E-state index in [2.05, 4.69) is 67.0 Å². The lowest BCUT2D eigenvalue weighted by Gasteiger charge is -2.20. The SMILES string of the molecule is CC/C=C\C/C=C\C/C=C\C/C=C\CCCCC(=O)OC(COC(=O)CCCCCCCCCCCCC)COP(=O)(O)OCC(N)C(=O)O. The lowest BCUT2D eigenvalue weighted by atomic mass is 10.1. The number of carboxylic acid groups (broad SMARTS) is 1. The highest BCUT2D eigenvalue weighted by molar-refractivity contribution is 7.47. The number of hydrogen-bond acceptors (Lipinski definition) is 9. The summed E-state index contributed by atoms with van der Waals surface area (Å²) in [6, 6.07) is -1.53. The molecule has 0 aromatic heterocycles. The molecule has 0 radical (unpaired) electrons. The summed E-state index contributed by atoms with van der Waals surface area (Å²) in [5.41, 5.74) is 5.31. The van der Waals surface area contributed by atoms with Gasteiger partial charge in [-0.25, -0.2) is 4.57 Å². The molecule has 0 spiro atoms. The first-order valence-electron chi connectivity index (χ1n) is 18.7. The number of unbranched alkanes of at least 4 members (excludes halogenated alkanes) is 12. The molecule has 4 N–H and O–H groups in total. The van der Waals surface area contributed by atoms with Crippen molar-refractivity contribution >= 4 is 25.7 Å². The maximum atomic E-state index is 12.5. The highest BCUT2D eigenvalue weighted by Gasteiger charge is 2.28. The number of nitrogens with two attached hydrogens (primary N) is 1. The number of phosphoric acid groups is 1. The van der Waals surface area contributed by atoms with E-state index in [9.17, 15) is 23.8 Å². The fourth-order valence-corrected chi connectivity index (χ4v) is 5.42. The second-order valence-electron chi connectivity index (χ2n) is 12.3. The van der Waals surface area contributed by atoms with E-state index in [0.29, 0.717) is 12.8 Å². The predicted molar refractivity (Wildman–Crippen MR) is 198 cm³/mol. The van der Waals surface area contributed by atoms with Crippen molar-refractivity contribution in [3.63, 3.8) is 0 Å². The topological polar surface area (TPSA) is 172 Å². The fraction of sp³-hybridized carbons (Fsp3) is 0.711. The maximum Gasteiger partial charge on any atom is 0.472 e. The summed E-state index contributed by atoms with van der Waals surface area (Å²) in [6.07, 6.45) is 34.8. The van der Waals surface area contributed by atoms with Crippen molar-refractivity contribution < 1.29 is 47.5 Å². The molecular formula is C38H66NO10P. The van der Waals surface area contributed by atoms with Crippen LogP contribution in [0.15, 0.2) is 48.6 Å². The Morgan fingerprint density at radius 3 is 1.68 bits per heavy atom. The normalized spacial score (nSPS) is 14.5. The van der Waals surface area contributed by atoms with E-state index in [-0.39, 0.29) is 19.4 Å². The van der Waals surface area contributed by atoms with Gasteiger partial charge in [0.1, 0.15) is 12.6 Å². The molecule has 288 valence electrons. The van der Waals surface area contributed by atoms with Gasteiger partial charge in [-0.3, -0.25) is 23.4 Å². The highest BCUT2D eigenvalue weighted by atomic mass is 31.2. The summed E-state index contributed by atoms with van der Waals surface area (Å²) >= 11 is 0. The third-order valence-corrected chi connectivity index (χ3v) is 8.54. The number of esters is 2. The molecule has 0 amide bonds. The minimum Gasteiger partial charge on any atom is -0.480 e. The van der Waals surface area contributed by atoms with Gasteiger partial charge in [-0.2, -0.15) is 0 Å². The average Bonchev–Trinajstić information content (AvgIpc) is 3.09. The van der Waals surface area contributed by atoms with E-state index >= 15 is 0 Å². The molecule has 0 aliphatic rings. The number of aliphatic carboxylic acids is 1. The number of rotatable bonds is 34. The molecule has 3 unspecified atom stereocenters. The molecule has 50 heavy (non-hydrogen) atoms. The maximum absolute atomic E-state index is 12.5. The van der Waals surface area contributed by atoms with Gasteiger partial charge in [0.2, 0.25) is 0 Å². The van der Waals surface area contributed by atoms with Crippen molar-refractivity contribution in [1.29, 1.82) is 0 Å². The largest absolute Gasteiger partial charge is 0.480 e. The van der Waals surface area contributed by atoms with Gasteiger partial charge in [0.15, 0.2) is 6.10 Å². The van der Waals surface area contributed by atoms with E-state index in [1.165, 1.54) is 44.9 Å². The number of allylic oxidation sites excluding steroid dienone is 8.